The van der Waals surface area contributed by atoms with Crippen molar-refractivity contribution in [1.82, 2.24) is 29.9 Å². The summed E-state index contributed by atoms with van der Waals surface area (Å²) in [4.78, 5) is 48.6. The van der Waals surface area contributed by atoms with Crippen LogP contribution in [0.1, 0.15) is 131 Å². The summed E-state index contributed by atoms with van der Waals surface area (Å²) in [7, 11) is -2.53. The third kappa shape index (κ3) is 16.2. The van der Waals surface area contributed by atoms with E-state index in [0.29, 0.717) is 50.3 Å². The Morgan fingerprint density at radius 2 is 0.847 bits per heavy atom. The molecular formula is C82H98N6O9Si. The molecule has 15 nitrogen and oxygen atoms in total. The number of carboxylic acids is 1. The van der Waals surface area contributed by atoms with Gasteiger partial charge in [0.1, 0.15) is 23.8 Å². The van der Waals surface area contributed by atoms with Crippen LogP contribution in [0.5, 0.6) is 17.2 Å². The summed E-state index contributed by atoms with van der Waals surface area (Å²) in [5, 5.41) is 31.8. The Bertz CT molecular complexity index is 3990. The molecule has 8 atom stereocenters. The molecule has 98 heavy (non-hydrogen) atoms. The summed E-state index contributed by atoms with van der Waals surface area (Å²) >= 11 is 0. The fraction of sp³-hybridized carbons (Fsp3) is 0.390. The van der Waals surface area contributed by atoms with E-state index >= 15 is 0 Å². The Balaban J connectivity index is 0.000000154. The highest BCUT2D eigenvalue weighted by atomic mass is 28.4. The van der Waals surface area contributed by atoms with Crippen LogP contribution < -0.4 is 24.6 Å². The van der Waals surface area contributed by atoms with E-state index in [1.165, 1.54) is 21.5 Å². The van der Waals surface area contributed by atoms with E-state index in [2.05, 4.69) is 167 Å². The van der Waals surface area contributed by atoms with Gasteiger partial charge in [-0.3, -0.25) is 4.79 Å². The minimum absolute atomic E-state index is 0. The van der Waals surface area contributed by atoms with E-state index in [0.717, 1.165) is 96.2 Å². The van der Waals surface area contributed by atoms with E-state index in [1.807, 2.05) is 107 Å². The van der Waals surface area contributed by atoms with E-state index in [9.17, 15) is 24.9 Å². The first-order chi connectivity index (χ1) is 46.9. The van der Waals surface area contributed by atoms with Crippen LogP contribution in [0.15, 0.2) is 201 Å². The van der Waals surface area contributed by atoms with Crippen molar-refractivity contribution in [3.8, 4) is 17.2 Å². The number of carboxylic acid groups (broad SMARTS) is 1. The van der Waals surface area contributed by atoms with Crippen LogP contribution in [-0.4, -0.2) is 105 Å². The summed E-state index contributed by atoms with van der Waals surface area (Å²) in [6.07, 6.45) is 12.0. The molecule has 3 heterocycles. The zero-order valence-corrected chi connectivity index (χ0v) is 58.6. The number of aliphatic hydroxyl groups is 2. The number of nitrogens with zero attached hydrogens (tertiary/aromatic N) is 6. The number of carbonyl (C=O) groups is 2. The Hall–Kier alpha value is -8.80. The van der Waals surface area contributed by atoms with Gasteiger partial charge >= 0.3 is 5.97 Å². The normalized spacial score (nSPS) is 22.3. The number of aliphatic hydroxyl groups excluding tert-OH is 2. The summed E-state index contributed by atoms with van der Waals surface area (Å²) in [5.74, 6) is 3.82. The Kier molecular flexibility index (Phi) is 24.2. The SMILES string of the molecule is C.CC(C)(C)[Si](OC[C@@H]1C[C@@]1(CO)c1ccccc1)(c1ccccc1)c1ccccc1.CCc1nc(C)ncc1OC[C@@]1(c2ccccc2)C[C@H]1C(=O)O.CCc1nc(C)ncc1OC[C@@]1(c2ccccc2)C[C@H]1C=O.CCc1nc(C)ncc1OC[C@@]1(c2ccccc2)C[C@H]1CO. The zero-order valence-electron chi connectivity index (χ0n) is 57.6. The van der Waals surface area contributed by atoms with Crippen molar-refractivity contribution in [2.24, 2.45) is 23.7 Å². The smallest absolute Gasteiger partial charge is 0.307 e. The van der Waals surface area contributed by atoms with Gasteiger partial charge in [0.2, 0.25) is 0 Å². The van der Waals surface area contributed by atoms with Gasteiger partial charge in [-0.2, -0.15) is 0 Å². The maximum absolute atomic E-state index is 11.4. The number of hydrogen-bond donors (Lipinski definition) is 3. The van der Waals surface area contributed by atoms with Gasteiger partial charge in [-0.15, -0.1) is 0 Å². The van der Waals surface area contributed by atoms with Crippen molar-refractivity contribution in [2.45, 2.75) is 141 Å². The predicted molar refractivity (Wildman–Crippen MR) is 388 cm³/mol. The van der Waals surface area contributed by atoms with Crippen LogP contribution in [0.2, 0.25) is 5.04 Å². The molecule has 0 saturated heterocycles. The molecule has 0 aliphatic heterocycles. The lowest BCUT2D eigenvalue weighted by Gasteiger charge is -2.43. The maximum Gasteiger partial charge on any atom is 0.307 e. The van der Waals surface area contributed by atoms with E-state index in [1.54, 1.807) is 18.6 Å². The monoisotopic (exact) mass is 1340 g/mol. The Labute approximate surface area is 580 Å². The standard InChI is InChI=1S/C27H32O2Si.C18H20N2O3.C18H22N2O2.C18H20N2O2.CH4/c1-26(2,3)30(24-15-9-5-10-16-24,25-17-11-6-12-18-25)29-20-23-19-27(23,21-28)22-13-7-4-8-14-22;1-3-15-16(10-19-12(2)20-15)23-11-18(9-14(18)17(21)22)13-7-5-4-6-8-13;2*1-3-16-17(10-19-13(2)20-16)22-12-18(9-15(18)11-21)14-7-5-4-6-8-14;/h4-18,23,28H,19-21H2,1-3H3;4-8,10,14H,3,9,11H2,1-2H3,(H,21,22);4-8,10,15,21H,3,9,11-12H2,1-2H3;4-8,10-11,15H,3,9,12H2,1-2H3;1H4/t23-,27+;14-,18+;2*15-,18+;/m0000./s1. The Morgan fingerprint density at radius 3 is 1.17 bits per heavy atom. The van der Waals surface area contributed by atoms with Gasteiger partial charge in [0.15, 0.2) is 17.2 Å². The molecule has 16 heteroatoms. The molecule has 0 spiro atoms. The number of carbonyl (C=O) groups excluding carboxylic acids is 1. The number of rotatable bonds is 25. The molecule has 4 saturated carbocycles. The second-order valence-electron chi connectivity index (χ2n) is 27.4. The maximum atomic E-state index is 11.4. The molecule has 3 aromatic heterocycles. The van der Waals surface area contributed by atoms with E-state index in [4.69, 9.17) is 18.6 Å². The van der Waals surface area contributed by atoms with Crippen molar-refractivity contribution in [3.05, 3.63) is 257 Å². The number of aromatic nitrogens is 6. The largest absolute Gasteiger partial charge is 0.489 e. The molecule has 9 aromatic rings. The average Bonchev–Trinajstić information content (AvgIpc) is 1.72. The van der Waals surface area contributed by atoms with E-state index in [-0.39, 0.29) is 53.8 Å². The molecule has 4 fully saturated rings. The molecule has 0 unspecified atom stereocenters. The molecule has 3 N–H and O–H groups in total. The predicted octanol–water partition coefficient (Wildman–Crippen LogP) is 13.5. The fourth-order valence-corrected chi connectivity index (χ4v) is 18.7. The number of hydrogen-bond acceptors (Lipinski definition) is 14. The summed E-state index contributed by atoms with van der Waals surface area (Å²) in [6, 6.07) is 62.2. The molecule has 0 amide bonds. The second-order valence-corrected chi connectivity index (χ2v) is 31.7. The van der Waals surface area contributed by atoms with Crippen LogP contribution in [0.4, 0.5) is 0 Å². The number of aryl methyl sites for hydroxylation is 6. The van der Waals surface area contributed by atoms with Crippen molar-refractivity contribution in [2.75, 3.05) is 39.6 Å². The first-order valence-corrected chi connectivity index (χ1v) is 36.0. The van der Waals surface area contributed by atoms with Gasteiger partial charge in [0.05, 0.1) is 68.0 Å². The molecule has 13 rings (SSSR count). The Morgan fingerprint density at radius 1 is 0.500 bits per heavy atom. The first-order valence-electron chi connectivity index (χ1n) is 34.1. The second kappa shape index (κ2) is 32.3. The third-order valence-corrected chi connectivity index (χ3v) is 25.3. The number of ether oxygens (including phenoxy) is 3. The van der Waals surface area contributed by atoms with Crippen LogP contribution in [0.3, 0.4) is 0 Å². The number of benzene rings is 6. The van der Waals surface area contributed by atoms with Crippen molar-refractivity contribution in [1.29, 1.82) is 0 Å². The first kappa shape index (κ1) is 73.4. The molecule has 6 aromatic carbocycles. The quantitative estimate of drug-likeness (QED) is 0.0359. The number of aldehydes is 1. The molecule has 514 valence electrons. The van der Waals surface area contributed by atoms with Gasteiger partial charge in [0.25, 0.3) is 8.32 Å². The fourth-order valence-electron chi connectivity index (χ4n) is 14.1. The van der Waals surface area contributed by atoms with Gasteiger partial charge in [-0.25, -0.2) is 29.9 Å². The minimum Gasteiger partial charge on any atom is -0.489 e. The van der Waals surface area contributed by atoms with Crippen molar-refractivity contribution >= 4 is 30.9 Å². The van der Waals surface area contributed by atoms with Crippen LogP contribution in [-0.2, 0) is 54.9 Å². The van der Waals surface area contributed by atoms with Crippen molar-refractivity contribution in [3.63, 3.8) is 0 Å². The lowest BCUT2D eigenvalue weighted by atomic mass is 9.94. The van der Waals surface area contributed by atoms with Gasteiger partial charge < -0.3 is 38.8 Å². The highest BCUT2D eigenvalue weighted by molar-refractivity contribution is 6.99. The highest BCUT2D eigenvalue weighted by Crippen LogP contribution is 2.57. The molecule has 0 bridgehead atoms. The lowest BCUT2D eigenvalue weighted by Crippen LogP contribution is -2.66. The average molecular weight is 1340 g/mol. The van der Waals surface area contributed by atoms with Crippen LogP contribution in [0.25, 0.3) is 0 Å². The van der Waals surface area contributed by atoms with Gasteiger partial charge in [0, 0.05) is 40.8 Å². The highest BCUT2D eigenvalue weighted by Gasteiger charge is 2.61. The van der Waals surface area contributed by atoms with Crippen LogP contribution in [0, 0.1) is 44.4 Å². The lowest BCUT2D eigenvalue weighted by molar-refractivity contribution is -0.139. The molecule has 0 radical (unpaired) electrons. The minimum atomic E-state index is -2.53. The molecular weight excluding hydrogens is 1240 g/mol. The topological polar surface area (TPSA) is 209 Å². The van der Waals surface area contributed by atoms with Gasteiger partial charge in [-0.1, -0.05) is 231 Å². The van der Waals surface area contributed by atoms with Crippen molar-refractivity contribution < 1.29 is 43.5 Å². The summed E-state index contributed by atoms with van der Waals surface area (Å²) < 4.78 is 25.1. The molecule has 4 aliphatic rings. The van der Waals surface area contributed by atoms with E-state index < -0.39 is 25.6 Å². The summed E-state index contributed by atoms with van der Waals surface area (Å²) in [6.45, 7) is 21.1. The zero-order chi connectivity index (χ0) is 68.9. The van der Waals surface area contributed by atoms with Gasteiger partial charge in [-0.05, 0) is 115 Å². The molecule has 4 aliphatic carbocycles. The van der Waals surface area contributed by atoms with Crippen LogP contribution >= 0.6 is 0 Å². The summed E-state index contributed by atoms with van der Waals surface area (Å²) in [5.41, 5.74) is 6.46. The number of aliphatic carboxylic acids is 1. The third-order valence-electron chi connectivity index (χ3n) is 20.3.